The summed E-state index contributed by atoms with van der Waals surface area (Å²) in [4.78, 5) is 27.0. The molecule has 3 aliphatic heterocycles. The van der Waals surface area contributed by atoms with Crippen molar-refractivity contribution >= 4 is 23.2 Å². The number of pyridine rings is 1. The number of ether oxygens (including phenoxy) is 1. The van der Waals surface area contributed by atoms with E-state index in [1.165, 1.54) is 0 Å². The van der Waals surface area contributed by atoms with Gasteiger partial charge in [0.15, 0.2) is 0 Å². The number of rotatable bonds is 0. The van der Waals surface area contributed by atoms with Gasteiger partial charge in [0.05, 0.1) is 17.5 Å². The van der Waals surface area contributed by atoms with E-state index in [9.17, 15) is 4.79 Å². The molecule has 1 aromatic heterocycles. The number of hydrogen-bond donors (Lipinski definition) is 1. The fraction of sp³-hybridized carbons (Fsp3) is 0.480. The molecule has 7 heteroatoms. The van der Waals surface area contributed by atoms with Crippen molar-refractivity contribution in [1.82, 2.24) is 9.88 Å². The lowest BCUT2D eigenvalue weighted by atomic mass is 9.99. The molecule has 2 bridgehead atoms. The summed E-state index contributed by atoms with van der Waals surface area (Å²) >= 11 is 0. The number of aromatic nitrogens is 1. The standard InChI is InChI=1S/C25H31N5O2/c1-16-7-6-10-32-23-15-29(3)14-19(23)21-12-18(11-17(2)26-21)24(31)28-25-27-20-8-4-5-9-22(20)30(25)13-16/h4-5,8-9,11-12,16,19,23H,6-7,10,13-15H2,1-3H3,(H,27,28,31)/t16-,19?,23?/m1/s1. The van der Waals surface area contributed by atoms with Crippen molar-refractivity contribution in [2.24, 2.45) is 10.9 Å². The van der Waals surface area contributed by atoms with Crippen LogP contribution >= 0.6 is 0 Å². The van der Waals surface area contributed by atoms with E-state index in [1.807, 2.05) is 37.3 Å². The van der Waals surface area contributed by atoms with Gasteiger partial charge in [0.2, 0.25) is 5.96 Å². The summed E-state index contributed by atoms with van der Waals surface area (Å²) in [6.45, 7) is 7.49. The van der Waals surface area contributed by atoms with E-state index in [0.717, 1.165) is 61.8 Å². The van der Waals surface area contributed by atoms with Crippen LogP contribution < -0.4 is 10.2 Å². The smallest absolute Gasteiger partial charge is 0.280 e. The van der Waals surface area contributed by atoms with Crippen LogP contribution in [0.1, 0.15) is 47.4 Å². The van der Waals surface area contributed by atoms with Crippen LogP contribution in [-0.4, -0.2) is 61.1 Å². The fourth-order valence-corrected chi connectivity index (χ4v) is 5.04. The lowest BCUT2D eigenvalue weighted by molar-refractivity contribution is 0.0466. The number of likely N-dealkylation sites (N-methyl/N-ethyl adjacent to an activating group) is 1. The molecule has 2 aromatic rings. The molecule has 7 nitrogen and oxygen atoms in total. The minimum Gasteiger partial charge on any atom is -0.376 e. The predicted molar refractivity (Wildman–Crippen MR) is 127 cm³/mol. The van der Waals surface area contributed by atoms with Gasteiger partial charge in [0.25, 0.3) is 5.91 Å². The van der Waals surface area contributed by atoms with E-state index >= 15 is 0 Å². The molecular formula is C25H31N5O2. The maximum absolute atomic E-state index is 13.3. The van der Waals surface area contributed by atoms with Crippen LogP contribution in [0.2, 0.25) is 0 Å². The number of nitrogens with zero attached hydrogens (tertiary/aromatic N) is 4. The average Bonchev–Trinajstić information content (AvgIpc) is 3.30. The van der Waals surface area contributed by atoms with Crippen LogP contribution in [0.5, 0.6) is 0 Å². The summed E-state index contributed by atoms with van der Waals surface area (Å²) < 4.78 is 6.35. The van der Waals surface area contributed by atoms with Gasteiger partial charge in [-0.25, -0.2) is 0 Å². The van der Waals surface area contributed by atoms with Crippen molar-refractivity contribution in [3.05, 3.63) is 53.3 Å². The third kappa shape index (κ3) is 4.14. The van der Waals surface area contributed by atoms with E-state index in [2.05, 4.69) is 40.1 Å². The van der Waals surface area contributed by atoms with Gasteiger partial charge in [-0.15, -0.1) is 0 Å². The number of nitrogens with one attached hydrogen (secondary N) is 1. The molecule has 0 spiro atoms. The Hall–Kier alpha value is -2.77. The Morgan fingerprint density at radius 1 is 1.16 bits per heavy atom. The van der Waals surface area contributed by atoms with Crippen LogP contribution in [-0.2, 0) is 4.74 Å². The summed E-state index contributed by atoms with van der Waals surface area (Å²) in [5.74, 6) is 0.947. The zero-order valence-corrected chi connectivity index (χ0v) is 19.0. The van der Waals surface area contributed by atoms with Gasteiger partial charge in [0.1, 0.15) is 0 Å². The van der Waals surface area contributed by atoms with Crippen LogP contribution in [0.15, 0.2) is 41.4 Å². The number of benzene rings is 1. The highest BCUT2D eigenvalue weighted by Gasteiger charge is 2.35. The first kappa shape index (κ1) is 21.1. The van der Waals surface area contributed by atoms with Crippen molar-refractivity contribution in [1.29, 1.82) is 0 Å². The van der Waals surface area contributed by atoms with E-state index in [1.54, 1.807) is 0 Å². The van der Waals surface area contributed by atoms with Crippen molar-refractivity contribution in [2.75, 3.05) is 43.5 Å². The average molecular weight is 434 g/mol. The van der Waals surface area contributed by atoms with Crippen molar-refractivity contribution in [3.8, 4) is 0 Å². The van der Waals surface area contributed by atoms with E-state index in [-0.39, 0.29) is 17.9 Å². The zero-order valence-electron chi connectivity index (χ0n) is 19.0. The molecule has 5 rings (SSSR count). The minimum absolute atomic E-state index is 0.0978. The Morgan fingerprint density at radius 3 is 2.88 bits per heavy atom. The molecule has 168 valence electrons. The molecule has 1 fully saturated rings. The first-order valence-corrected chi connectivity index (χ1v) is 11.5. The van der Waals surface area contributed by atoms with Gasteiger partial charge < -0.3 is 19.9 Å². The number of hydrogen-bond acceptors (Lipinski definition) is 6. The molecule has 32 heavy (non-hydrogen) atoms. The number of para-hydroxylation sites is 2. The number of aryl methyl sites for hydroxylation is 1. The van der Waals surface area contributed by atoms with Gasteiger partial charge in [-0.2, -0.15) is 4.99 Å². The molecule has 3 aliphatic rings. The van der Waals surface area contributed by atoms with E-state index in [4.69, 9.17) is 9.72 Å². The number of guanidine groups is 1. The van der Waals surface area contributed by atoms with Gasteiger partial charge in [-0.3, -0.25) is 9.78 Å². The number of anilines is 2. The molecule has 1 aromatic carbocycles. The highest BCUT2D eigenvalue weighted by molar-refractivity contribution is 6.19. The molecule has 3 atom stereocenters. The number of amides is 1. The first-order chi connectivity index (χ1) is 15.5. The van der Waals surface area contributed by atoms with Crippen LogP contribution in [0.4, 0.5) is 11.4 Å². The minimum atomic E-state index is -0.247. The molecule has 1 saturated heterocycles. The van der Waals surface area contributed by atoms with Gasteiger partial charge >= 0.3 is 0 Å². The number of aliphatic imine (C=N–C) groups is 1. The maximum Gasteiger partial charge on any atom is 0.280 e. The van der Waals surface area contributed by atoms with Crippen molar-refractivity contribution in [3.63, 3.8) is 0 Å². The Balaban J connectivity index is 1.54. The number of carbonyl (C=O) groups is 1. The van der Waals surface area contributed by atoms with Gasteiger partial charge in [-0.1, -0.05) is 19.1 Å². The molecule has 0 radical (unpaired) electrons. The topological polar surface area (TPSA) is 70.1 Å². The monoisotopic (exact) mass is 433 g/mol. The molecule has 1 N–H and O–H groups in total. The normalized spacial score (nSPS) is 28.0. The van der Waals surface area contributed by atoms with Crippen LogP contribution in [0.25, 0.3) is 0 Å². The van der Waals surface area contributed by atoms with Crippen LogP contribution in [0.3, 0.4) is 0 Å². The Bertz CT molecular complexity index is 1050. The summed E-state index contributed by atoms with van der Waals surface area (Å²) in [6.07, 6.45) is 2.16. The number of fused-ring (bicyclic) bond motifs is 7. The summed E-state index contributed by atoms with van der Waals surface area (Å²) in [5.41, 5.74) is 4.38. The highest BCUT2D eigenvalue weighted by atomic mass is 16.5. The summed E-state index contributed by atoms with van der Waals surface area (Å²) in [7, 11) is 2.11. The first-order valence-electron chi connectivity index (χ1n) is 11.5. The third-order valence-electron chi connectivity index (χ3n) is 6.62. The Morgan fingerprint density at radius 2 is 2.00 bits per heavy atom. The largest absolute Gasteiger partial charge is 0.376 e. The van der Waals surface area contributed by atoms with Crippen molar-refractivity contribution in [2.45, 2.75) is 38.7 Å². The second kappa shape index (κ2) is 8.64. The quantitative estimate of drug-likeness (QED) is 0.684. The third-order valence-corrected chi connectivity index (χ3v) is 6.62. The SMILES string of the molecule is Cc1cc2cc(n1)C1CN(C)CC1OCCC[C@@H](C)CN1/C(=N/C2=O)Nc2ccccc21. The van der Waals surface area contributed by atoms with Crippen molar-refractivity contribution < 1.29 is 9.53 Å². The fourth-order valence-electron chi connectivity index (χ4n) is 5.04. The maximum atomic E-state index is 13.3. The van der Waals surface area contributed by atoms with Gasteiger partial charge in [-0.05, 0) is 57.0 Å². The lowest BCUT2D eigenvalue weighted by Crippen LogP contribution is -2.35. The summed E-state index contributed by atoms with van der Waals surface area (Å²) in [5, 5.41) is 3.35. The molecule has 1 amide bonds. The molecule has 2 unspecified atom stereocenters. The summed E-state index contributed by atoms with van der Waals surface area (Å²) in [6, 6.07) is 11.9. The number of carbonyl (C=O) groups excluding carboxylic acids is 1. The predicted octanol–water partition coefficient (Wildman–Crippen LogP) is 3.66. The second-order valence-electron chi connectivity index (χ2n) is 9.40. The molecule has 4 heterocycles. The molecule has 0 saturated carbocycles. The van der Waals surface area contributed by atoms with Gasteiger partial charge in [0, 0.05) is 49.1 Å². The van der Waals surface area contributed by atoms with Crippen LogP contribution in [0, 0.1) is 12.8 Å². The van der Waals surface area contributed by atoms with E-state index in [0.29, 0.717) is 17.4 Å². The Labute approximate surface area is 189 Å². The zero-order chi connectivity index (χ0) is 22.2. The molecule has 0 aliphatic carbocycles. The highest BCUT2D eigenvalue weighted by Crippen LogP contribution is 2.34. The second-order valence-corrected chi connectivity index (χ2v) is 9.40. The lowest BCUT2D eigenvalue weighted by Gasteiger charge is -2.23. The number of likely N-dealkylation sites (tertiary alicyclic amines) is 1. The molecular weight excluding hydrogens is 402 g/mol. The Kier molecular flexibility index (Phi) is 5.69. The van der Waals surface area contributed by atoms with E-state index < -0.39 is 0 Å².